The normalized spacial score (nSPS) is 18.4. The molecule has 0 radical (unpaired) electrons. The van der Waals surface area contributed by atoms with Crippen LogP contribution in [0, 0.1) is 11.8 Å². The fourth-order valence-corrected chi connectivity index (χ4v) is 7.18. The molecule has 16 nitrogen and oxygen atoms in total. The van der Waals surface area contributed by atoms with Gasteiger partial charge in [-0.1, -0.05) is 83.2 Å². The zero-order valence-electron chi connectivity index (χ0n) is 34.8. The van der Waals surface area contributed by atoms with E-state index < -0.39 is 60.0 Å². The van der Waals surface area contributed by atoms with Crippen molar-refractivity contribution in [3.8, 4) is 0 Å². The first-order valence-corrected chi connectivity index (χ1v) is 20.5. The molecule has 2 aromatic rings. The Morgan fingerprint density at radius 1 is 0.983 bits per heavy atom. The lowest BCUT2D eigenvalue weighted by atomic mass is 9.91. The van der Waals surface area contributed by atoms with Gasteiger partial charge in [-0.2, -0.15) is 0 Å². The van der Waals surface area contributed by atoms with E-state index in [-0.39, 0.29) is 31.1 Å². The van der Waals surface area contributed by atoms with Crippen LogP contribution in [0.1, 0.15) is 103 Å². The number of likely N-dealkylation sites (tertiary alicyclic amines) is 1. The number of aliphatic hydroxyl groups is 2. The van der Waals surface area contributed by atoms with E-state index >= 15 is 0 Å². The second-order valence-corrected chi connectivity index (χ2v) is 16.4. The van der Waals surface area contributed by atoms with Crippen LogP contribution in [0.3, 0.4) is 0 Å². The maximum atomic E-state index is 13.8. The molecule has 58 heavy (non-hydrogen) atoms. The number of carbonyl (C=O) groups excluding carboxylic acids is 5. The minimum atomic E-state index is -1.73. The number of rotatable bonds is 17. The average Bonchev–Trinajstić information content (AvgIpc) is 3.64. The molecule has 1 saturated carbocycles. The highest BCUT2D eigenvalue weighted by molar-refractivity contribution is 6.00. The molecule has 6 amide bonds. The Morgan fingerprint density at radius 2 is 1.66 bits per heavy atom. The van der Waals surface area contributed by atoms with Crippen LogP contribution < -0.4 is 38.6 Å². The molecule has 0 spiro atoms. The predicted molar refractivity (Wildman–Crippen MR) is 224 cm³/mol. The topological polar surface area (TPSA) is 258 Å². The zero-order valence-corrected chi connectivity index (χ0v) is 34.8. The van der Waals surface area contributed by atoms with Crippen molar-refractivity contribution < 1.29 is 34.2 Å². The highest BCUT2D eigenvalue weighted by atomic mass is 16.3. The summed E-state index contributed by atoms with van der Waals surface area (Å²) in [6, 6.07) is 9.45. The lowest BCUT2D eigenvalue weighted by molar-refractivity contribution is -0.139. The minimum absolute atomic E-state index is 0.00505. The molecule has 1 heterocycles. The predicted octanol–water partition coefficient (Wildman–Crippen LogP) is 2.33. The lowest BCUT2D eigenvalue weighted by Crippen LogP contribution is -2.55. The maximum Gasteiger partial charge on any atom is 0.314 e. The molecule has 4 unspecified atom stereocenters. The summed E-state index contributed by atoms with van der Waals surface area (Å²) in [6.45, 7) is 9.61. The molecule has 1 aliphatic carbocycles. The van der Waals surface area contributed by atoms with Gasteiger partial charge in [0.2, 0.25) is 17.7 Å². The Kier molecular flexibility index (Phi) is 18.7. The van der Waals surface area contributed by atoms with Crippen molar-refractivity contribution in [2.75, 3.05) is 26.2 Å². The number of nitrogens with zero attached hydrogens (tertiary/aromatic N) is 2. The van der Waals surface area contributed by atoms with E-state index in [1.165, 1.54) is 55.9 Å². The van der Waals surface area contributed by atoms with Gasteiger partial charge in [0.25, 0.3) is 5.91 Å². The maximum absolute atomic E-state index is 13.8. The fourth-order valence-electron chi connectivity index (χ4n) is 7.18. The summed E-state index contributed by atoms with van der Waals surface area (Å²) in [5, 5.41) is 35.0. The van der Waals surface area contributed by atoms with Crippen molar-refractivity contribution in [3.05, 3.63) is 59.9 Å². The summed E-state index contributed by atoms with van der Waals surface area (Å²) in [4.78, 5) is 65.7. The highest BCUT2D eigenvalue weighted by Crippen LogP contribution is 2.28. The number of carbonyl (C=O) groups is 5. The van der Waals surface area contributed by atoms with Gasteiger partial charge in [-0.25, -0.2) is 10.6 Å². The van der Waals surface area contributed by atoms with Crippen molar-refractivity contribution >= 4 is 40.4 Å². The molecule has 4 rings (SSSR count). The van der Waals surface area contributed by atoms with Crippen LogP contribution in [0.25, 0.3) is 10.8 Å². The summed E-state index contributed by atoms with van der Waals surface area (Å²) in [5.41, 5.74) is 10.2. The number of urea groups is 1. The lowest BCUT2D eigenvalue weighted by Gasteiger charge is -2.34. The Labute approximate surface area is 342 Å². The van der Waals surface area contributed by atoms with E-state index in [4.69, 9.17) is 17.3 Å². The summed E-state index contributed by atoms with van der Waals surface area (Å²) >= 11 is 0. The van der Waals surface area contributed by atoms with Crippen molar-refractivity contribution in [3.63, 3.8) is 0 Å². The largest absolute Gasteiger partial charge is 0.403 e. The molecular formula is C42H67N9O7. The van der Waals surface area contributed by atoms with Crippen molar-refractivity contribution in [1.29, 1.82) is 0 Å². The number of primary amides is 1. The smallest absolute Gasteiger partial charge is 0.314 e. The first-order chi connectivity index (χ1) is 27.4. The van der Waals surface area contributed by atoms with Crippen LogP contribution in [0.2, 0.25) is 0 Å². The third kappa shape index (κ3) is 14.8. The molecule has 0 bridgehead atoms. The van der Waals surface area contributed by atoms with E-state index in [1.54, 1.807) is 18.2 Å². The van der Waals surface area contributed by atoms with Gasteiger partial charge in [-0.3, -0.25) is 19.2 Å². The van der Waals surface area contributed by atoms with Gasteiger partial charge >= 0.3 is 6.03 Å². The van der Waals surface area contributed by atoms with E-state index in [2.05, 4.69) is 28.2 Å². The second-order valence-electron chi connectivity index (χ2n) is 16.4. The molecule has 0 aromatic heterocycles. The van der Waals surface area contributed by atoms with E-state index in [0.717, 1.165) is 22.9 Å². The summed E-state index contributed by atoms with van der Waals surface area (Å²) in [7, 11) is 0. The molecule has 2 aliphatic rings. The Hall–Kier alpha value is -4.93. The molecule has 322 valence electrons. The number of hydrazine groups is 1. The van der Waals surface area contributed by atoms with Gasteiger partial charge in [0.1, 0.15) is 11.6 Å². The standard InChI is InChI=1S/C35H53N9O7.C7H14/c1-21(2)18-41-34(50)39-14-8-7-11-26(30(46)31(37)47)42-33(49)27-16-25(44(38)28(17-36)35(3,4)51)20-43(27)29(45)19-40-32(48)24-13-12-22-9-5-6-10-23(22)15-24;1-7-5-3-2-4-6-7/h5-6,9-10,12-13,15,17,21,25-27,30,46,51H,7-8,11,14,16,18-20,36,38H2,1-4H3,(H2,37,47)(H,40,48)(H,42,49)(H2,39,41,50);7H,2-6H2,1H3/b28-17-;. The number of fused-ring (bicyclic) bond motifs is 1. The van der Waals surface area contributed by atoms with Crippen LogP contribution in [0.5, 0.6) is 0 Å². The number of hydrogen-bond donors (Lipinski definition) is 9. The van der Waals surface area contributed by atoms with Crippen molar-refractivity contribution in [2.45, 2.75) is 122 Å². The SMILES string of the molecule is CC(C)CNC(=O)NCCCCC(NC(=O)C1CC(N(N)/C(=C\N)C(C)(C)O)CN1C(=O)CNC(=O)c1ccc2ccccc2c1)C(O)C(N)=O.CC1CCCCC1. The Bertz CT molecular complexity index is 1710. The van der Waals surface area contributed by atoms with E-state index in [1.807, 2.05) is 38.1 Å². The first kappa shape index (κ1) is 47.4. The van der Waals surface area contributed by atoms with Gasteiger partial charge in [0.05, 0.1) is 24.3 Å². The molecule has 4 atom stereocenters. The molecule has 2 fully saturated rings. The number of aliphatic hydroxyl groups excluding tert-OH is 1. The van der Waals surface area contributed by atoms with Crippen LogP contribution >= 0.6 is 0 Å². The van der Waals surface area contributed by atoms with Crippen molar-refractivity contribution in [2.24, 2.45) is 29.1 Å². The van der Waals surface area contributed by atoms with Gasteiger partial charge in [0.15, 0.2) is 6.10 Å². The molecule has 12 N–H and O–H groups in total. The van der Waals surface area contributed by atoms with Gasteiger partial charge in [-0.05, 0) is 67.9 Å². The number of benzene rings is 2. The number of unbranched alkanes of at least 4 members (excludes halogenated alkanes) is 1. The van der Waals surface area contributed by atoms with Crippen LogP contribution in [-0.2, 0) is 14.4 Å². The van der Waals surface area contributed by atoms with Crippen LogP contribution in [-0.4, -0.2) is 106 Å². The number of hydrogen-bond acceptors (Lipinski definition) is 10. The van der Waals surface area contributed by atoms with Crippen molar-refractivity contribution in [1.82, 2.24) is 31.2 Å². The van der Waals surface area contributed by atoms with Crippen LogP contribution in [0.15, 0.2) is 54.4 Å². The third-order valence-electron chi connectivity index (χ3n) is 10.6. The Morgan fingerprint density at radius 3 is 2.24 bits per heavy atom. The summed E-state index contributed by atoms with van der Waals surface area (Å²) in [5.74, 6) is 4.90. The monoisotopic (exact) mass is 810 g/mol. The summed E-state index contributed by atoms with van der Waals surface area (Å²) in [6.07, 6.45) is 7.87. The molecule has 1 saturated heterocycles. The van der Waals surface area contributed by atoms with Crippen LogP contribution in [0.4, 0.5) is 4.79 Å². The summed E-state index contributed by atoms with van der Waals surface area (Å²) < 4.78 is 0. The molecule has 1 aliphatic heterocycles. The molecule has 16 heteroatoms. The Balaban J connectivity index is 0.00000116. The number of amides is 6. The van der Waals surface area contributed by atoms with Gasteiger partial charge in [0, 0.05) is 37.8 Å². The fraction of sp³-hybridized carbons (Fsp3) is 0.595. The minimum Gasteiger partial charge on any atom is -0.403 e. The highest BCUT2D eigenvalue weighted by Gasteiger charge is 2.44. The molecule has 2 aromatic carbocycles. The zero-order chi connectivity index (χ0) is 43.0. The average molecular weight is 810 g/mol. The number of nitrogens with one attached hydrogen (secondary N) is 4. The third-order valence-corrected chi connectivity index (χ3v) is 10.6. The number of nitrogens with two attached hydrogens (primary N) is 3. The second kappa shape index (κ2) is 22.9. The van der Waals surface area contributed by atoms with Gasteiger partial charge in [-0.15, -0.1) is 0 Å². The van der Waals surface area contributed by atoms with Gasteiger partial charge < -0.3 is 52.9 Å². The first-order valence-electron chi connectivity index (χ1n) is 20.5. The van der Waals surface area contributed by atoms with E-state index in [0.29, 0.717) is 37.4 Å². The molecular weight excluding hydrogens is 743 g/mol. The van der Waals surface area contributed by atoms with E-state index in [9.17, 15) is 34.2 Å². The quantitative estimate of drug-likeness (QED) is 0.0640.